The summed E-state index contributed by atoms with van der Waals surface area (Å²) in [4.78, 5) is 35.1. The van der Waals surface area contributed by atoms with E-state index in [9.17, 15) is 19.7 Å². The van der Waals surface area contributed by atoms with Crippen molar-refractivity contribution < 1.29 is 24.4 Å². The smallest absolute Gasteiger partial charge is 0.311 e. The monoisotopic (exact) mass is 382 g/mol. The van der Waals surface area contributed by atoms with Gasteiger partial charge in [0, 0.05) is 19.0 Å². The fourth-order valence-corrected chi connectivity index (χ4v) is 3.48. The predicted octanol–water partition coefficient (Wildman–Crippen LogP) is 2.67. The Morgan fingerprint density at radius 2 is 2.24 bits per heavy atom. The van der Waals surface area contributed by atoms with Crippen LogP contribution in [0.4, 0.5) is 5.69 Å². The van der Waals surface area contributed by atoms with Gasteiger partial charge in [-0.3, -0.25) is 24.6 Å². The Balaban J connectivity index is 2.20. The van der Waals surface area contributed by atoms with Crippen molar-refractivity contribution in [2.45, 2.75) is 12.8 Å². The number of carboxylic acids is 1. The van der Waals surface area contributed by atoms with E-state index >= 15 is 0 Å². The lowest BCUT2D eigenvalue weighted by Crippen LogP contribution is -2.29. The molecule has 8 nitrogen and oxygen atoms in total. The first kappa shape index (κ1) is 18.9. The van der Waals surface area contributed by atoms with Crippen LogP contribution in [0.25, 0.3) is 6.08 Å². The van der Waals surface area contributed by atoms with Crippen LogP contribution < -0.4 is 4.74 Å². The minimum absolute atomic E-state index is 0.0548. The topological polar surface area (TPSA) is 110 Å². The van der Waals surface area contributed by atoms with Gasteiger partial charge in [-0.25, -0.2) is 0 Å². The fraction of sp³-hybridized carbons (Fsp3) is 0.267. The number of carbonyl (C=O) groups excluding carboxylic acids is 1. The molecule has 1 heterocycles. The Bertz CT molecular complexity index is 777. The van der Waals surface area contributed by atoms with Gasteiger partial charge in [0.2, 0.25) is 0 Å². The number of benzene rings is 1. The van der Waals surface area contributed by atoms with Crippen molar-refractivity contribution in [2.24, 2.45) is 0 Å². The minimum Gasteiger partial charge on any atom is -0.490 e. The molecule has 1 aromatic rings. The van der Waals surface area contributed by atoms with Gasteiger partial charge >= 0.3 is 11.7 Å². The van der Waals surface area contributed by atoms with E-state index in [4.69, 9.17) is 22.1 Å². The summed E-state index contributed by atoms with van der Waals surface area (Å²) in [6, 6.07) is 4.37. The van der Waals surface area contributed by atoms with E-state index in [1.54, 1.807) is 6.07 Å². The molecule has 0 unspecified atom stereocenters. The van der Waals surface area contributed by atoms with E-state index in [1.807, 2.05) is 0 Å². The zero-order valence-corrected chi connectivity index (χ0v) is 14.8. The lowest BCUT2D eigenvalue weighted by Gasteiger charge is -2.13. The summed E-state index contributed by atoms with van der Waals surface area (Å²) in [6.45, 7) is 0.219. The van der Waals surface area contributed by atoms with Crippen LogP contribution in [0.1, 0.15) is 18.4 Å². The van der Waals surface area contributed by atoms with Crippen LogP contribution in [0.2, 0.25) is 0 Å². The van der Waals surface area contributed by atoms with Gasteiger partial charge in [0.25, 0.3) is 5.91 Å². The first-order chi connectivity index (χ1) is 11.8. The molecule has 0 aliphatic carbocycles. The molecule has 25 heavy (non-hydrogen) atoms. The quantitative estimate of drug-likeness (QED) is 0.332. The molecule has 0 bridgehead atoms. The average molecular weight is 382 g/mol. The number of hydrogen-bond acceptors (Lipinski definition) is 7. The summed E-state index contributed by atoms with van der Waals surface area (Å²) in [5, 5.41) is 19.7. The average Bonchev–Trinajstić information content (AvgIpc) is 2.81. The summed E-state index contributed by atoms with van der Waals surface area (Å²) >= 11 is 6.23. The van der Waals surface area contributed by atoms with E-state index < -0.39 is 10.9 Å². The Labute approximate surface area is 152 Å². The molecule has 0 radical (unpaired) electrons. The van der Waals surface area contributed by atoms with Crippen molar-refractivity contribution in [1.82, 2.24) is 4.90 Å². The van der Waals surface area contributed by atoms with Crippen molar-refractivity contribution >= 4 is 51.9 Å². The number of rotatable bonds is 7. The number of carbonyl (C=O) groups is 2. The summed E-state index contributed by atoms with van der Waals surface area (Å²) in [6.07, 6.45) is 1.76. The first-order valence-electron chi connectivity index (χ1n) is 7.13. The molecule has 1 aliphatic heterocycles. The van der Waals surface area contributed by atoms with Gasteiger partial charge in [0.15, 0.2) is 5.75 Å². The third-order valence-corrected chi connectivity index (χ3v) is 4.72. The molecule has 132 valence electrons. The number of methoxy groups -OCH3 is 1. The zero-order valence-electron chi connectivity index (χ0n) is 13.1. The highest BCUT2D eigenvalue weighted by Crippen LogP contribution is 2.34. The number of thioether (sulfide) groups is 1. The van der Waals surface area contributed by atoms with E-state index in [2.05, 4.69) is 0 Å². The number of amides is 1. The number of aliphatic carboxylic acids is 1. The Hall–Kier alpha value is -2.46. The summed E-state index contributed by atoms with van der Waals surface area (Å²) < 4.78 is 5.28. The van der Waals surface area contributed by atoms with Crippen LogP contribution in [-0.2, 0) is 9.59 Å². The molecule has 0 spiro atoms. The maximum Gasteiger partial charge on any atom is 0.311 e. The largest absolute Gasteiger partial charge is 0.490 e. The third-order valence-electron chi connectivity index (χ3n) is 3.34. The number of thiocarbonyl (C=S) groups is 1. The standard InChI is InChI=1S/C15H14N2O6S2/c1-23-11-5-4-9(7-10(11)17(21)22)8-12-14(20)16(15(24)25-12)6-2-3-13(18)19/h4-5,7-8H,2-3,6H2,1H3,(H,18,19). The van der Waals surface area contributed by atoms with Crippen molar-refractivity contribution in [3.8, 4) is 5.75 Å². The number of ether oxygens (including phenoxy) is 1. The molecule has 1 fully saturated rings. The van der Waals surface area contributed by atoms with Gasteiger partial charge in [0.1, 0.15) is 4.32 Å². The summed E-state index contributed by atoms with van der Waals surface area (Å²) in [5.41, 5.74) is 0.270. The molecule has 0 saturated carbocycles. The van der Waals surface area contributed by atoms with Crippen LogP contribution in [0, 0.1) is 10.1 Å². The lowest BCUT2D eigenvalue weighted by atomic mass is 10.1. The van der Waals surface area contributed by atoms with Crippen molar-refractivity contribution in [3.05, 3.63) is 38.8 Å². The minimum atomic E-state index is -0.938. The van der Waals surface area contributed by atoms with Gasteiger partial charge < -0.3 is 9.84 Å². The van der Waals surface area contributed by atoms with Gasteiger partial charge in [-0.1, -0.05) is 30.0 Å². The molecule has 2 rings (SSSR count). The second kappa shape index (κ2) is 8.08. The SMILES string of the molecule is COc1ccc(C=C2SC(=S)N(CCCC(=O)O)C2=O)cc1[N+](=O)[O-]. The molecule has 1 aromatic carbocycles. The third kappa shape index (κ3) is 4.54. The van der Waals surface area contributed by atoms with Crippen LogP contribution in [-0.4, -0.2) is 44.8 Å². The van der Waals surface area contributed by atoms with Gasteiger partial charge in [0.05, 0.1) is 16.9 Å². The number of carboxylic acid groups (broad SMARTS) is 1. The predicted molar refractivity (Wildman–Crippen MR) is 96.4 cm³/mol. The van der Waals surface area contributed by atoms with Crippen molar-refractivity contribution in [3.63, 3.8) is 0 Å². The van der Waals surface area contributed by atoms with Crippen molar-refractivity contribution in [1.29, 1.82) is 0 Å². The van der Waals surface area contributed by atoms with Gasteiger partial charge in [-0.2, -0.15) is 0 Å². The normalized spacial score (nSPS) is 15.7. The van der Waals surface area contributed by atoms with Crippen LogP contribution in [0.5, 0.6) is 5.75 Å². The number of nitro benzene ring substituents is 1. The molecular weight excluding hydrogens is 368 g/mol. The molecule has 0 aromatic heterocycles. The molecule has 1 aliphatic rings. The Kier molecular flexibility index (Phi) is 6.10. The van der Waals surface area contributed by atoms with E-state index in [1.165, 1.54) is 30.2 Å². The number of nitrogens with zero attached hydrogens (tertiary/aromatic N) is 2. The zero-order chi connectivity index (χ0) is 18.6. The molecule has 1 amide bonds. The second-order valence-electron chi connectivity index (χ2n) is 5.02. The maximum absolute atomic E-state index is 12.4. The molecule has 0 atom stereocenters. The van der Waals surface area contributed by atoms with Gasteiger partial charge in [-0.15, -0.1) is 0 Å². The Morgan fingerprint density at radius 1 is 1.52 bits per heavy atom. The number of nitro groups is 1. The van der Waals surface area contributed by atoms with Crippen LogP contribution >= 0.6 is 24.0 Å². The van der Waals surface area contributed by atoms with E-state index in [-0.39, 0.29) is 30.3 Å². The van der Waals surface area contributed by atoms with Crippen molar-refractivity contribution in [2.75, 3.05) is 13.7 Å². The Morgan fingerprint density at radius 3 is 2.84 bits per heavy atom. The summed E-state index contributed by atoms with van der Waals surface area (Å²) in [7, 11) is 1.34. The van der Waals surface area contributed by atoms with E-state index in [0.717, 1.165) is 11.8 Å². The molecule has 1 saturated heterocycles. The second-order valence-corrected chi connectivity index (χ2v) is 6.69. The fourth-order valence-electron chi connectivity index (χ4n) is 2.17. The van der Waals surface area contributed by atoms with Crippen LogP contribution in [0.15, 0.2) is 23.1 Å². The molecule has 10 heteroatoms. The summed E-state index contributed by atoms with van der Waals surface area (Å²) in [5.74, 6) is -1.14. The highest BCUT2D eigenvalue weighted by Gasteiger charge is 2.31. The highest BCUT2D eigenvalue weighted by atomic mass is 32.2. The molecule has 1 N–H and O–H groups in total. The molecular formula is C15H14N2O6S2. The van der Waals surface area contributed by atoms with Crippen LogP contribution in [0.3, 0.4) is 0 Å². The number of hydrogen-bond donors (Lipinski definition) is 1. The maximum atomic E-state index is 12.4. The van der Waals surface area contributed by atoms with E-state index in [0.29, 0.717) is 21.2 Å². The first-order valence-corrected chi connectivity index (χ1v) is 8.35. The highest BCUT2D eigenvalue weighted by molar-refractivity contribution is 8.26. The van der Waals surface area contributed by atoms with Gasteiger partial charge in [-0.05, 0) is 24.1 Å². The lowest BCUT2D eigenvalue weighted by molar-refractivity contribution is -0.385.